The van der Waals surface area contributed by atoms with Crippen molar-refractivity contribution < 1.29 is 22.7 Å². The van der Waals surface area contributed by atoms with Gasteiger partial charge in [0.15, 0.2) is 6.10 Å². The first-order valence-electron chi connectivity index (χ1n) is 5.89. The topological polar surface area (TPSA) is 53.3 Å². The van der Waals surface area contributed by atoms with Crippen molar-refractivity contribution in [3.05, 3.63) is 35.4 Å². The quantitative estimate of drug-likeness (QED) is 0.793. The number of halogens is 3. The maximum Gasteiger partial charge on any atom is 0.416 e. The van der Waals surface area contributed by atoms with Crippen LogP contribution in [0.1, 0.15) is 15.9 Å². The van der Waals surface area contributed by atoms with Gasteiger partial charge in [-0.05, 0) is 24.3 Å². The van der Waals surface area contributed by atoms with Crippen LogP contribution >= 0.6 is 0 Å². The molecule has 1 saturated heterocycles. The number of carbonyl (C=O) groups excluding carboxylic acids is 1. The number of benzene rings is 1. The Labute approximate surface area is 113 Å². The third kappa shape index (κ3) is 3.08. The summed E-state index contributed by atoms with van der Waals surface area (Å²) in [7, 11) is 0. The molecule has 2 rings (SSSR count). The molecule has 20 heavy (non-hydrogen) atoms. The summed E-state index contributed by atoms with van der Waals surface area (Å²) in [5.74, 6) is -0.401. The lowest BCUT2D eigenvalue weighted by atomic mass is 10.1. The summed E-state index contributed by atoms with van der Waals surface area (Å²) in [6.45, 7) is 0.680. The van der Waals surface area contributed by atoms with Crippen LogP contribution in [0.4, 0.5) is 13.2 Å². The van der Waals surface area contributed by atoms with Crippen molar-refractivity contribution in [3.63, 3.8) is 0 Å². The number of carbonyl (C=O) groups is 1. The molecule has 1 amide bonds. The normalized spacial score (nSPS) is 19.5. The number of nitriles is 1. The third-order valence-electron chi connectivity index (χ3n) is 2.96. The van der Waals surface area contributed by atoms with Gasteiger partial charge in [0.05, 0.1) is 24.8 Å². The van der Waals surface area contributed by atoms with Crippen molar-refractivity contribution in [3.8, 4) is 6.07 Å². The fraction of sp³-hybridized carbons (Fsp3) is 0.385. The van der Waals surface area contributed by atoms with Crippen LogP contribution in [0.3, 0.4) is 0 Å². The molecule has 0 N–H and O–H groups in total. The van der Waals surface area contributed by atoms with Crippen molar-refractivity contribution in [1.82, 2.24) is 4.90 Å². The molecular formula is C13H11F3N2O2. The lowest BCUT2D eigenvalue weighted by molar-refractivity contribution is -0.137. The molecule has 4 nitrogen and oxygen atoms in total. The zero-order chi connectivity index (χ0) is 14.8. The van der Waals surface area contributed by atoms with Crippen LogP contribution in [0.25, 0.3) is 0 Å². The number of rotatable bonds is 1. The summed E-state index contributed by atoms with van der Waals surface area (Å²) in [6.07, 6.45) is -5.12. The minimum atomic E-state index is -4.42. The molecule has 7 heteroatoms. The van der Waals surface area contributed by atoms with Crippen LogP contribution in [0.15, 0.2) is 24.3 Å². The molecule has 1 aliphatic rings. The first kappa shape index (κ1) is 14.3. The fourth-order valence-electron chi connectivity index (χ4n) is 1.90. The molecule has 1 fully saturated rings. The van der Waals surface area contributed by atoms with E-state index in [2.05, 4.69) is 0 Å². The Hall–Kier alpha value is -2.07. The molecule has 1 heterocycles. The highest BCUT2D eigenvalue weighted by Crippen LogP contribution is 2.29. The zero-order valence-corrected chi connectivity index (χ0v) is 10.4. The van der Waals surface area contributed by atoms with E-state index in [0.29, 0.717) is 6.54 Å². The Morgan fingerprint density at radius 1 is 1.35 bits per heavy atom. The van der Waals surface area contributed by atoms with Gasteiger partial charge >= 0.3 is 6.18 Å². The summed E-state index contributed by atoms with van der Waals surface area (Å²) in [5.41, 5.74) is -0.637. The van der Waals surface area contributed by atoms with Gasteiger partial charge < -0.3 is 9.64 Å². The summed E-state index contributed by atoms with van der Waals surface area (Å²) >= 11 is 0. The predicted molar refractivity (Wildman–Crippen MR) is 62.7 cm³/mol. The van der Waals surface area contributed by atoms with Crippen LogP contribution in [0.2, 0.25) is 0 Å². The zero-order valence-electron chi connectivity index (χ0n) is 10.4. The molecule has 0 bridgehead atoms. The van der Waals surface area contributed by atoms with Crippen LogP contribution in [0, 0.1) is 11.3 Å². The minimum Gasteiger partial charge on any atom is -0.360 e. The highest BCUT2D eigenvalue weighted by molar-refractivity contribution is 5.94. The van der Waals surface area contributed by atoms with Gasteiger partial charge in [0.25, 0.3) is 5.91 Å². The monoisotopic (exact) mass is 284 g/mol. The smallest absolute Gasteiger partial charge is 0.360 e. The Morgan fingerprint density at radius 2 is 2.00 bits per heavy atom. The van der Waals surface area contributed by atoms with Crippen LogP contribution in [-0.2, 0) is 10.9 Å². The van der Waals surface area contributed by atoms with Gasteiger partial charge in [-0.1, -0.05) is 0 Å². The van der Waals surface area contributed by atoms with Gasteiger partial charge in [-0.2, -0.15) is 18.4 Å². The van der Waals surface area contributed by atoms with E-state index in [9.17, 15) is 18.0 Å². The predicted octanol–water partition coefficient (Wildman–Crippen LogP) is 2.07. The molecule has 1 aromatic rings. The van der Waals surface area contributed by atoms with E-state index in [1.165, 1.54) is 4.90 Å². The highest BCUT2D eigenvalue weighted by Gasteiger charge is 2.31. The molecule has 0 saturated carbocycles. The number of ether oxygens (including phenoxy) is 1. The average Bonchev–Trinajstić information content (AvgIpc) is 2.46. The number of amides is 1. The summed E-state index contributed by atoms with van der Waals surface area (Å²) in [6, 6.07) is 5.93. The lowest BCUT2D eigenvalue weighted by Gasteiger charge is -2.29. The van der Waals surface area contributed by atoms with E-state index in [0.717, 1.165) is 24.3 Å². The molecule has 1 atom stereocenters. The van der Waals surface area contributed by atoms with E-state index < -0.39 is 23.8 Å². The Bertz CT molecular complexity index is 534. The average molecular weight is 284 g/mol. The molecule has 106 valence electrons. The number of alkyl halides is 3. The maximum atomic E-state index is 12.4. The Morgan fingerprint density at radius 3 is 2.55 bits per heavy atom. The Balaban J connectivity index is 2.12. The summed E-state index contributed by atoms with van der Waals surface area (Å²) < 4.78 is 42.4. The molecule has 0 spiro atoms. The minimum absolute atomic E-state index is 0.121. The third-order valence-corrected chi connectivity index (χ3v) is 2.96. The van der Waals surface area contributed by atoms with E-state index in [1.54, 1.807) is 0 Å². The second-order valence-corrected chi connectivity index (χ2v) is 4.31. The van der Waals surface area contributed by atoms with E-state index in [1.807, 2.05) is 6.07 Å². The van der Waals surface area contributed by atoms with Crippen molar-refractivity contribution >= 4 is 5.91 Å². The van der Waals surface area contributed by atoms with E-state index in [4.69, 9.17) is 10.00 Å². The summed E-state index contributed by atoms with van der Waals surface area (Å²) in [4.78, 5) is 13.5. The number of hydrogen-bond donors (Lipinski definition) is 0. The molecule has 1 aliphatic heterocycles. The van der Waals surface area contributed by atoms with Crippen LogP contribution in [-0.4, -0.2) is 36.6 Å². The lowest BCUT2D eigenvalue weighted by Crippen LogP contribution is -2.45. The molecular weight excluding hydrogens is 273 g/mol. The van der Waals surface area contributed by atoms with Gasteiger partial charge in [-0.3, -0.25) is 4.79 Å². The van der Waals surface area contributed by atoms with Crippen molar-refractivity contribution in [2.24, 2.45) is 0 Å². The van der Waals surface area contributed by atoms with Gasteiger partial charge in [0, 0.05) is 12.1 Å². The SMILES string of the molecule is N#CC1CN(C(=O)c2ccc(C(F)(F)F)cc2)CCO1. The first-order valence-corrected chi connectivity index (χ1v) is 5.89. The molecule has 0 aromatic heterocycles. The maximum absolute atomic E-state index is 12.4. The van der Waals surface area contributed by atoms with Crippen molar-refractivity contribution in [2.45, 2.75) is 12.3 Å². The number of nitrogens with zero attached hydrogens (tertiary/aromatic N) is 2. The standard InChI is InChI=1S/C13H11F3N2O2/c14-13(15,16)10-3-1-9(2-4-10)12(19)18-5-6-20-11(7-17)8-18/h1-4,11H,5-6,8H2. The van der Waals surface area contributed by atoms with Crippen molar-refractivity contribution in [2.75, 3.05) is 19.7 Å². The number of morpholine rings is 1. The molecule has 1 unspecified atom stereocenters. The molecule has 0 radical (unpaired) electrons. The number of hydrogen-bond acceptors (Lipinski definition) is 3. The first-order chi connectivity index (χ1) is 9.41. The largest absolute Gasteiger partial charge is 0.416 e. The van der Waals surface area contributed by atoms with Crippen molar-refractivity contribution in [1.29, 1.82) is 5.26 Å². The van der Waals surface area contributed by atoms with Gasteiger partial charge in [0.1, 0.15) is 0 Å². The second kappa shape index (κ2) is 5.51. The second-order valence-electron chi connectivity index (χ2n) is 4.31. The fourth-order valence-corrected chi connectivity index (χ4v) is 1.90. The van der Waals surface area contributed by atoms with Gasteiger partial charge in [-0.25, -0.2) is 0 Å². The summed E-state index contributed by atoms with van der Waals surface area (Å²) in [5, 5.41) is 8.75. The molecule has 0 aliphatic carbocycles. The van der Waals surface area contributed by atoms with E-state index in [-0.39, 0.29) is 18.7 Å². The van der Waals surface area contributed by atoms with Gasteiger partial charge in [-0.15, -0.1) is 0 Å². The Kier molecular flexibility index (Phi) is 3.95. The van der Waals surface area contributed by atoms with Crippen LogP contribution in [0.5, 0.6) is 0 Å². The van der Waals surface area contributed by atoms with Crippen LogP contribution < -0.4 is 0 Å². The molecule has 1 aromatic carbocycles. The highest BCUT2D eigenvalue weighted by atomic mass is 19.4. The van der Waals surface area contributed by atoms with Gasteiger partial charge in [0.2, 0.25) is 0 Å². The van der Waals surface area contributed by atoms with E-state index >= 15 is 0 Å².